The van der Waals surface area contributed by atoms with Crippen LogP contribution in [-0.2, 0) is 11.3 Å². The Kier molecular flexibility index (Phi) is 4.11. The Balaban J connectivity index is 1.36. The quantitative estimate of drug-likeness (QED) is 0.672. The minimum atomic E-state index is -0.138. The Morgan fingerprint density at radius 1 is 1.29 bits per heavy atom. The van der Waals surface area contributed by atoms with Crippen LogP contribution in [0.3, 0.4) is 0 Å². The third-order valence-corrected chi connectivity index (χ3v) is 5.30. The van der Waals surface area contributed by atoms with E-state index in [9.17, 15) is 4.79 Å². The summed E-state index contributed by atoms with van der Waals surface area (Å²) in [5.74, 6) is 2.52. The Bertz CT molecular complexity index is 972. The molecule has 12 heteroatoms. The van der Waals surface area contributed by atoms with E-state index in [2.05, 4.69) is 47.4 Å². The van der Waals surface area contributed by atoms with Crippen molar-refractivity contribution in [2.24, 2.45) is 0 Å². The molecular weight excluding hydrogens is 364 g/mol. The average Bonchev–Trinajstić information content (AvgIpc) is 3.47. The highest BCUT2D eigenvalue weighted by atomic mass is 16.5. The summed E-state index contributed by atoms with van der Waals surface area (Å²) in [5, 5.41) is 26.6. The zero-order valence-corrected chi connectivity index (χ0v) is 15.4. The van der Waals surface area contributed by atoms with Gasteiger partial charge in [-0.05, 0) is 30.2 Å². The fourth-order valence-electron chi connectivity index (χ4n) is 3.92. The number of nitrogens with zero attached hydrogens (tertiary/aromatic N) is 9. The number of hydrogen-bond acceptors (Lipinski definition) is 8. The summed E-state index contributed by atoms with van der Waals surface area (Å²) >= 11 is 0. The van der Waals surface area contributed by atoms with Crippen LogP contribution in [0.1, 0.15) is 53.9 Å². The molecule has 3 aromatic rings. The van der Waals surface area contributed by atoms with E-state index in [1.54, 1.807) is 11.0 Å². The summed E-state index contributed by atoms with van der Waals surface area (Å²) in [5.41, 5.74) is 0.385. The number of carbonyl (C=O) groups excluding carboxylic acids is 1. The van der Waals surface area contributed by atoms with Crippen LogP contribution in [0.15, 0.2) is 12.4 Å². The molecule has 0 bridgehead atoms. The molecule has 5 rings (SSSR count). The molecule has 5 heterocycles. The maximum atomic E-state index is 13.0. The minimum absolute atomic E-state index is 0.0995. The molecule has 1 atom stereocenters. The lowest BCUT2D eigenvalue weighted by Crippen LogP contribution is -2.41. The second-order valence-corrected chi connectivity index (χ2v) is 7.16. The number of tetrazole rings is 1. The second-order valence-electron chi connectivity index (χ2n) is 7.16. The topological polar surface area (TPSA) is 133 Å². The monoisotopic (exact) mass is 384 g/mol. The van der Waals surface area contributed by atoms with Gasteiger partial charge < -0.3 is 14.2 Å². The number of ether oxygens (including phenoxy) is 1. The van der Waals surface area contributed by atoms with Crippen LogP contribution < -0.4 is 0 Å². The van der Waals surface area contributed by atoms with Gasteiger partial charge in [-0.25, -0.2) is 0 Å². The summed E-state index contributed by atoms with van der Waals surface area (Å²) in [6.45, 7) is 4.61. The van der Waals surface area contributed by atoms with Crippen molar-refractivity contribution in [3.8, 4) is 5.82 Å². The number of hydrogen-bond donors (Lipinski definition) is 1. The molecule has 2 aliphatic rings. The van der Waals surface area contributed by atoms with E-state index in [-0.39, 0.29) is 11.9 Å². The molecule has 2 aliphatic heterocycles. The molecular formula is C16H20N10O2. The lowest BCUT2D eigenvalue weighted by Gasteiger charge is -2.33. The lowest BCUT2D eigenvalue weighted by atomic mass is 9.99. The number of amides is 1. The third-order valence-electron chi connectivity index (χ3n) is 5.30. The van der Waals surface area contributed by atoms with Gasteiger partial charge in [0.1, 0.15) is 17.8 Å². The van der Waals surface area contributed by atoms with E-state index in [0.717, 1.165) is 37.7 Å². The van der Waals surface area contributed by atoms with Gasteiger partial charge in [0.2, 0.25) is 0 Å². The molecule has 146 valence electrons. The van der Waals surface area contributed by atoms with Gasteiger partial charge in [0, 0.05) is 31.7 Å². The second kappa shape index (κ2) is 6.78. The van der Waals surface area contributed by atoms with E-state index in [1.165, 1.54) is 11.0 Å². The van der Waals surface area contributed by atoms with Crippen LogP contribution in [0.25, 0.3) is 5.82 Å². The van der Waals surface area contributed by atoms with Gasteiger partial charge in [-0.3, -0.25) is 9.89 Å². The SMILES string of the molecule is C[C@H]1CN(C(=O)c2cc(-n3cnnn3)n[nH]2)Cc2nnc(C3CCOCC3)n21. The lowest BCUT2D eigenvalue weighted by molar-refractivity contribution is 0.0663. The first-order valence-electron chi connectivity index (χ1n) is 9.30. The number of aromatic nitrogens is 9. The maximum Gasteiger partial charge on any atom is 0.272 e. The summed E-state index contributed by atoms with van der Waals surface area (Å²) in [4.78, 5) is 14.7. The number of fused-ring (bicyclic) bond motifs is 1. The molecule has 1 amide bonds. The fourth-order valence-corrected chi connectivity index (χ4v) is 3.92. The van der Waals surface area contributed by atoms with E-state index < -0.39 is 0 Å². The molecule has 0 aromatic carbocycles. The molecule has 3 aromatic heterocycles. The minimum Gasteiger partial charge on any atom is -0.381 e. The number of nitrogens with one attached hydrogen (secondary N) is 1. The van der Waals surface area contributed by atoms with Gasteiger partial charge in [-0.2, -0.15) is 9.78 Å². The van der Waals surface area contributed by atoms with Gasteiger partial charge in [0.15, 0.2) is 11.6 Å². The molecule has 0 aliphatic carbocycles. The Labute approximate surface area is 159 Å². The molecule has 0 radical (unpaired) electrons. The van der Waals surface area contributed by atoms with Gasteiger partial charge >= 0.3 is 0 Å². The molecule has 1 saturated heterocycles. The summed E-state index contributed by atoms with van der Waals surface area (Å²) < 4.78 is 9.05. The Morgan fingerprint density at radius 2 is 2.14 bits per heavy atom. The molecule has 1 N–H and O–H groups in total. The predicted molar refractivity (Wildman–Crippen MR) is 93.6 cm³/mol. The van der Waals surface area contributed by atoms with E-state index in [0.29, 0.717) is 30.5 Å². The first-order valence-corrected chi connectivity index (χ1v) is 9.30. The summed E-state index contributed by atoms with van der Waals surface area (Å²) in [7, 11) is 0. The first kappa shape index (κ1) is 17.0. The number of carbonyl (C=O) groups is 1. The molecule has 28 heavy (non-hydrogen) atoms. The Morgan fingerprint density at radius 3 is 2.93 bits per heavy atom. The van der Waals surface area contributed by atoms with Crippen molar-refractivity contribution < 1.29 is 9.53 Å². The van der Waals surface area contributed by atoms with Crippen LogP contribution in [0.4, 0.5) is 0 Å². The standard InChI is InChI=1S/C16H20N10O2/c1-10-7-24(16(27)12-6-13(19-18-12)25-9-17-22-23-25)8-14-20-21-15(26(10)14)11-2-4-28-5-3-11/h6,9-11H,2-5,7-8H2,1H3,(H,18,19)/t10-/m0/s1. The van der Waals surface area contributed by atoms with E-state index >= 15 is 0 Å². The third kappa shape index (κ3) is 2.85. The van der Waals surface area contributed by atoms with Crippen LogP contribution >= 0.6 is 0 Å². The number of aromatic amines is 1. The van der Waals surface area contributed by atoms with Gasteiger partial charge in [-0.15, -0.1) is 15.3 Å². The largest absolute Gasteiger partial charge is 0.381 e. The van der Waals surface area contributed by atoms with Gasteiger partial charge in [0.05, 0.1) is 12.6 Å². The molecule has 12 nitrogen and oxygen atoms in total. The van der Waals surface area contributed by atoms with Crippen molar-refractivity contribution in [3.05, 3.63) is 29.7 Å². The summed E-state index contributed by atoms with van der Waals surface area (Å²) in [6, 6.07) is 1.73. The highest BCUT2D eigenvalue weighted by molar-refractivity contribution is 5.92. The smallest absolute Gasteiger partial charge is 0.272 e. The van der Waals surface area contributed by atoms with Crippen molar-refractivity contribution in [3.63, 3.8) is 0 Å². The van der Waals surface area contributed by atoms with E-state index in [1.807, 2.05) is 0 Å². The van der Waals surface area contributed by atoms with Crippen molar-refractivity contribution in [2.45, 2.75) is 38.3 Å². The van der Waals surface area contributed by atoms with Crippen molar-refractivity contribution in [1.82, 2.24) is 50.1 Å². The highest BCUT2D eigenvalue weighted by Gasteiger charge is 2.33. The molecule has 0 unspecified atom stereocenters. The van der Waals surface area contributed by atoms with Gasteiger partial charge in [0.25, 0.3) is 5.91 Å². The zero-order valence-electron chi connectivity index (χ0n) is 15.4. The molecule has 0 saturated carbocycles. The van der Waals surface area contributed by atoms with Crippen molar-refractivity contribution in [1.29, 1.82) is 0 Å². The normalized spacial score (nSPS) is 20.3. The van der Waals surface area contributed by atoms with Crippen LogP contribution in [0.2, 0.25) is 0 Å². The molecule has 0 spiro atoms. The van der Waals surface area contributed by atoms with Gasteiger partial charge in [-0.1, -0.05) is 0 Å². The average molecular weight is 384 g/mol. The zero-order chi connectivity index (χ0) is 19.1. The highest BCUT2D eigenvalue weighted by Crippen LogP contribution is 2.31. The maximum absolute atomic E-state index is 13.0. The predicted octanol–water partition coefficient (Wildman–Crippen LogP) is 0.0879. The van der Waals surface area contributed by atoms with Crippen molar-refractivity contribution >= 4 is 5.91 Å². The number of H-pyrrole nitrogens is 1. The van der Waals surface area contributed by atoms with Crippen LogP contribution in [0, 0.1) is 0 Å². The van der Waals surface area contributed by atoms with Crippen molar-refractivity contribution in [2.75, 3.05) is 19.8 Å². The van der Waals surface area contributed by atoms with E-state index in [4.69, 9.17) is 4.74 Å². The Hall–Kier alpha value is -3.15. The fraction of sp³-hybridized carbons (Fsp3) is 0.562. The molecule has 1 fully saturated rings. The first-order chi connectivity index (χ1) is 13.7. The van der Waals surface area contributed by atoms with Crippen LogP contribution in [-0.4, -0.2) is 75.7 Å². The van der Waals surface area contributed by atoms with Crippen LogP contribution in [0.5, 0.6) is 0 Å². The number of rotatable bonds is 3. The summed E-state index contributed by atoms with van der Waals surface area (Å²) in [6.07, 6.45) is 3.34.